The molecule has 2 rings (SSSR count). The van der Waals surface area contributed by atoms with Gasteiger partial charge in [-0.15, -0.1) is 0 Å². The average Bonchev–Trinajstić information content (AvgIpc) is 3.27. The number of aliphatic carboxylic acids is 1. The Hall–Kier alpha value is -3.44. The average molecular weight is 503 g/mol. The number of nitrogens with two attached hydrogens (primary N) is 2. The number of para-hydroxylation sites is 1. The van der Waals surface area contributed by atoms with Crippen molar-refractivity contribution in [2.75, 3.05) is 13.1 Å². The fourth-order valence-electron chi connectivity index (χ4n) is 3.85. The summed E-state index contributed by atoms with van der Waals surface area (Å²) >= 11 is 0. The molecule has 0 saturated carbocycles. The van der Waals surface area contributed by atoms with Gasteiger partial charge in [0, 0.05) is 23.5 Å². The predicted molar refractivity (Wildman–Crippen MR) is 137 cm³/mol. The number of rotatable bonds is 15. The van der Waals surface area contributed by atoms with Gasteiger partial charge in [-0.05, 0) is 36.9 Å². The highest BCUT2D eigenvalue weighted by atomic mass is 16.4. The lowest BCUT2D eigenvalue weighted by Gasteiger charge is -2.25. The van der Waals surface area contributed by atoms with E-state index in [2.05, 4.69) is 20.9 Å². The minimum absolute atomic E-state index is 0.0738. The maximum absolute atomic E-state index is 13.1. The fraction of sp³-hybridized carbons (Fsp3) is 0.520. The molecule has 1 heterocycles. The third kappa shape index (κ3) is 8.35. The van der Waals surface area contributed by atoms with Crippen LogP contribution in [0, 0.1) is 5.92 Å². The number of H-pyrrole nitrogens is 1. The number of carboxylic acids is 1. The van der Waals surface area contributed by atoms with E-state index in [4.69, 9.17) is 11.5 Å². The van der Waals surface area contributed by atoms with Crippen LogP contribution < -0.4 is 27.4 Å². The Morgan fingerprint density at radius 1 is 1.08 bits per heavy atom. The summed E-state index contributed by atoms with van der Waals surface area (Å²) in [5.41, 5.74) is 12.9. The predicted octanol–water partition coefficient (Wildman–Crippen LogP) is 0.383. The molecular formula is C25H38N6O5. The normalized spacial score (nSPS) is 14.4. The number of carbonyl (C=O) groups is 4. The van der Waals surface area contributed by atoms with E-state index in [1.165, 1.54) is 0 Å². The van der Waals surface area contributed by atoms with Crippen molar-refractivity contribution in [1.29, 1.82) is 0 Å². The van der Waals surface area contributed by atoms with Crippen molar-refractivity contribution in [3.05, 3.63) is 36.0 Å². The molecule has 0 fully saturated rings. The summed E-state index contributed by atoms with van der Waals surface area (Å²) < 4.78 is 0. The van der Waals surface area contributed by atoms with Gasteiger partial charge in [0.1, 0.15) is 12.1 Å². The maximum Gasteiger partial charge on any atom is 0.326 e. The monoisotopic (exact) mass is 502 g/mol. The molecular weight excluding hydrogens is 464 g/mol. The number of nitrogens with one attached hydrogen (secondary N) is 4. The molecule has 11 nitrogen and oxygen atoms in total. The highest BCUT2D eigenvalue weighted by Gasteiger charge is 2.30. The van der Waals surface area contributed by atoms with Crippen molar-refractivity contribution in [3.8, 4) is 0 Å². The van der Waals surface area contributed by atoms with E-state index in [-0.39, 0.29) is 18.9 Å². The van der Waals surface area contributed by atoms with Gasteiger partial charge in [-0.1, -0.05) is 44.9 Å². The highest BCUT2D eigenvalue weighted by Crippen LogP contribution is 2.19. The molecule has 0 spiro atoms. The number of hydrogen-bond acceptors (Lipinski definition) is 6. The molecule has 11 heteroatoms. The first-order chi connectivity index (χ1) is 17.2. The number of aromatic nitrogens is 1. The van der Waals surface area contributed by atoms with E-state index < -0.39 is 41.8 Å². The van der Waals surface area contributed by atoms with E-state index in [9.17, 15) is 24.3 Å². The largest absolute Gasteiger partial charge is 0.480 e. The van der Waals surface area contributed by atoms with Gasteiger partial charge in [0.2, 0.25) is 17.7 Å². The first-order valence-corrected chi connectivity index (χ1v) is 12.3. The van der Waals surface area contributed by atoms with Gasteiger partial charge in [-0.2, -0.15) is 0 Å². The number of amides is 3. The topological polar surface area (TPSA) is 192 Å². The molecule has 36 heavy (non-hydrogen) atoms. The third-order valence-corrected chi connectivity index (χ3v) is 6.25. The number of benzene rings is 1. The second kappa shape index (κ2) is 14.2. The Morgan fingerprint density at radius 3 is 2.47 bits per heavy atom. The molecule has 0 aliphatic carbocycles. The number of unbranched alkanes of at least 4 members (excludes halogenated alkanes) is 1. The third-order valence-electron chi connectivity index (χ3n) is 6.25. The van der Waals surface area contributed by atoms with Crippen LogP contribution in [-0.2, 0) is 25.6 Å². The molecule has 1 aromatic carbocycles. The Balaban J connectivity index is 2.00. The van der Waals surface area contributed by atoms with Crippen molar-refractivity contribution in [2.24, 2.45) is 17.4 Å². The molecule has 4 unspecified atom stereocenters. The van der Waals surface area contributed by atoms with Gasteiger partial charge in [0.15, 0.2) is 0 Å². The molecule has 0 aliphatic rings. The first-order valence-electron chi connectivity index (χ1n) is 12.3. The SMILES string of the molecule is CCC(C)C(NC(=O)CNC(=O)C(N)CCCCN)C(=O)NC(Cc1c[nH]c2ccccc12)C(=O)O. The number of carboxylic acid groups (broad SMARTS) is 1. The molecule has 0 saturated heterocycles. The van der Waals surface area contributed by atoms with Crippen molar-refractivity contribution in [1.82, 2.24) is 20.9 Å². The summed E-state index contributed by atoms with van der Waals surface area (Å²) in [5.74, 6) is -3.09. The molecule has 4 atom stereocenters. The highest BCUT2D eigenvalue weighted by molar-refractivity contribution is 5.93. The Kier molecular flexibility index (Phi) is 11.4. The molecule has 0 aliphatic heterocycles. The van der Waals surface area contributed by atoms with Crippen LogP contribution in [-0.4, -0.2) is 65.0 Å². The van der Waals surface area contributed by atoms with Gasteiger partial charge in [-0.25, -0.2) is 4.79 Å². The zero-order valence-electron chi connectivity index (χ0n) is 20.9. The summed E-state index contributed by atoms with van der Waals surface area (Å²) in [7, 11) is 0. The Labute approximate surface area is 210 Å². The summed E-state index contributed by atoms with van der Waals surface area (Å²) in [6.07, 6.45) is 4.28. The summed E-state index contributed by atoms with van der Waals surface area (Å²) in [6.45, 7) is 3.81. The van der Waals surface area contributed by atoms with Crippen molar-refractivity contribution in [3.63, 3.8) is 0 Å². The van der Waals surface area contributed by atoms with Crippen LogP contribution in [0.25, 0.3) is 10.9 Å². The van der Waals surface area contributed by atoms with Gasteiger partial charge in [0.05, 0.1) is 12.6 Å². The van der Waals surface area contributed by atoms with E-state index in [0.717, 1.165) is 22.9 Å². The number of fused-ring (bicyclic) bond motifs is 1. The van der Waals surface area contributed by atoms with E-state index >= 15 is 0 Å². The Morgan fingerprint density at radius 2 is 1.81 bits per heavy atom. The van der Waals surface area contributed by atoms with Gasteiger partial charge < -0.3 is 37.5 Å². The molecule has 2 aromatic rings. The lowest BCUT2D eigenvalue weighted by molar-refractivity contribution is -0.142. The summed E-state index contributed by atoms with van der Waals surface area (Å²) in [4.78, 5) is 52.7. The number of aromatic amines is 1. The van der Waals surface area contributed by atoms with Crippen molar-refractivity contribution < 1.29 is 24.3 Å². The molecule has 3 amide bonds. The van der Waals surface area contributed by atoms with Crippen LogP contribution in [0.15, 0.2) is 30.5 Å². The lowest BCUT2D eigenvalue weighted by atomic mass is 9.97. The first kappa shape index (κ1) is 28.8. The van der Waals surface area contributed by atoms with Crippen LogP contribution in [0.5, 0.6) is 0 Å². The molecule has 198 valence electrons. The minimum Gasteiger partial charge on any atom is -0.480 e. The van der Waals surface area contributed by atoms with Gasteiger partial charge >= 0.3 is 5.97 Å². The maximum atomic E-state index is 13.1. The van der Waals surface area contributed by atoms with E-state index in [1.54, 1.807) is 13.1 Å². The number of carbonyl (C=O) groups excluding carboxylic acids is 3. The molecule has 1 aromatic heterocycles. The van der Waals surface area contributed by atoms with Crippen molar-refractivity contribution in [2.45, 2.75) is 64.1 Å². The second-order valence-corrected chi connectivity index (χ2v) is 9.00. The summed E-state index contributed by atoms with van der Waals surface area (Å²) in [6, 6.07) is 4.58. The Bertz CT molecular complexity index is 1040. The van der Waals surface area contributed by atoms with Crippen LogP contribution in [0.4, 0.5) is 0 Å². The van der Waals surface area contributed by atoms with Gasteiger partial charge in [-0.3, -0.25) is 14.4 Å². The summed E-state index contributed by atoms with van der Waals surface area (Å²) in [5, 5.41) is 18.3. The van der Waals surface area contributed by atoms with Crippen LogP contribution in [0.2, 0.25) is 0 Å². The van der Waals surface area contributed by atoms with Crippen LogP contribution in [0.1, 0.15) is 45.1 Å². The lowest BCUT2D eigenvalue weighted by Crippen LogP contribution is -2.56. The second-order valence-electron chi connectivity index (χ2n) is 9.00. The standard InChI is InChI=1S/C25H38N6O5/c1-3-15(2)22(31-21(32)14-29-23(33)18(27)9-6-7-11-26)24(34)30-20(25(35)36)12-16-13-28-19-10-5-4-8-17(16)19/h4-5,8,10,13,15,18,20,22,28H,3,6-7,9,11-12,14,26-27H2,1-2H3,(H,29,33)(H,30,34)(H,31,32)(H,35,36). The smallest absolute Gasteiger partial charge is 0.326 e. The van der Waals surface area contributed by atoms with Gasteiger partial charge in [0.25, 0.3) is 0 Å². The zero-order valence-corrected chi connectivity index (χ0v) is 20.9. The van der Waals surface area contributed by atoms with Crippen molar-refractivity contribution >= 4 is 34.6 Å². The fourth-order valence-corrected chi connectivity index (χ4v) is 3.85. The number of hydrogen-bond donors (Lipinski definition) is 7. The molecule has 0 bridgehead atoms. The zero-order chi connectivity index (χ0) is 26.7. The van der Waals surface area contributed by atoms with Crippen LogP contribution in [0.3, 0.4) is 0 Å². The molecule has 9 N–H and O–H groups in total. The van der Waals surface area contributed by atoms with Crippen LogP contribution >= 0.6 is 0 Å². The minimum atomic E-state index is -1.19. The molecule has 0 radical (unpaired) electrons. The quantitative estimate of drug-likeness (QED) is 0.171. The van der Waals surface area contributed by atoms with E-state index in [0.29, 0.717) is 25.8 Å². The van der Waals surface area contributed by atoms with E-state index in [1.807, 2.05) is 31.2 Å².